The molecule has 1 aliphatic rings. The van der Waals surface area contributed by atoms with Crippen LogP contribution in [-0.4, -0.2) is 52.4 Å². The van der Waals surface area contributed by atoms with Crippen molar-refractivity contribution in [3.63, 3.8) is 0 Å². The van der Waals surface area contributed by atoms with Crippen molar-refractivity contribution in [1.82, 2.24) is 0 Å². The lowest BCUT2D eigenvalue weighted by Gasteiger charge is -2.46. The zero-order chi connectivity index (χ0) is 11.8. The summed E-state index contributed by atoms with van der Waals surface area (Å²) in [6.45, 7) is 5.50. The Labute approximate surface area is 89.9 Å². The van der Waals surface area contributed by atoms with Crippen molar-refractivity contribution in [2.75, 3.05) is 6.61 Å². The third-order valence-electron chi connectivity index (χ3n) is 2.83. The molecule has 5 atom stereocenters. The first-order valence-corrected chi connectivity index (χ1v) is 5.17. The van der Waals surface area contributed by atoms with Gasteiger partial charge in [0.1, 0.15) is 18.3 Å². The van der Waals surface area contributed by atoms with Crippen LogP contribution in [0.4, 0.5) is 0 Å². The Balaban J connectivity index is 2.83. The van der Waals surface area contributed by atoms with Gasteiger partial charge in [-0.2, -0.15) is 0 Å². The highest BCUT2D eigenvalue weighted by Gasteiger charge is 2.46. The lowest BCUT2D eigenvalue weighted by Crippen LogP contribution is -2.64. The van der Waals surface area contributed by atoms with Crippen molar-refractivity contribution < 1.29 is 20.1 Å². The monoisotopic (exact) mass is 219 g/mol. The molecule has 5 nitrogen and oxygen atoms in total. The number of nitrogens with two attached hydrogens (primary N) is 1. The van der Waals surface area contributed by atoms with Gasteiger partial charge < -0.3 is 25.8 Å². The average Bonchev–Trinajstić information content (AvgIpc) is 2.13. The predicted molar refractivity (Wildman–Crippen MR) is 55.2 cm³/mol. The summed E-state index contributed by atoms with van der Waals surface area (Å²) in [7, 11) is 0. The second kappa shape index (κ2) is 4.35. The molecule has 15 heavy (non-hydrogen) atoms. The lowest BCUT2D eigenvalue weighted by atomic mass is 9.79. The van der Waals surface area contributed by atoms with Crippen LogP contribution in [0.1, 0.15) is 20.8 Å². The number of aliphatic hydroxyl groups excluding tert-OH is 3. The smallest absolute Gasteiger partial charge is 0.110 e. The van der Waals surface area contributed by atoms with Crippen LogP contribution in [0.15, 0.2) is 0 Å². The van der Waals surface area contributed by atoms with E-state index in [4.69, 9.17) is 15.6 Å². The van der Waals surface area contributed by atoms with E-state index in [-0.39, 0.29) is 18.1 Å². The van der Waals surface area contributed by atoms with Gasteiger partial charge in [-0.1, -0.05) is 20.8 Å². The molecule has 5 N–H and O–H groups in total. The molecule has 0 bridgehead atoms. The Hall–Kier alpha value is -0.200. The van der Waals surface area contributed by atoms with Crippen molar-refractivity contribution in [2.45, 2.75) is 51.2 Å². The SMILES string of the molecule is CC(C)(C)C1OC(CO)C(O)[C@@H](O)[C@@H]1N. The molecule has 1 aliphatic heterocycles. The maximum atomic E-state index is 9.72. The van der Waals surface area contributed by atoms with Gasteiger partial charge in [0.15, 0.2) is 0 Å². The summed E-state index contributed by atoms with van der Waals surface area (Å²) in [5.74, 6) is 0. The normalized spacial score (nSPS) is 43.0. The molecule has 0 aromatic heterocycles. The van der Waals surface area contributed by atoms with Crippen LogP contribution in [0.3, 0.4) is 0 Å². The third-order valence-corrected chi connectivity index (χ3v) is 2.83. The van der Waals surface area contributed by atoms with Gasteiger partial charge in [-0.3, -0.25) is 0 Å². The highest BCUT2D eigenvalue weighted by atomic mass is 16.5. The summed E-state index contributed by atoms with van der Waals surface area (Å²) < 4.78 is 5.51. The summed E-state index contributed by atoms with van der Waals surface area (Å²) >= 11 is 0. The third kappa shape index (κ3) is 2.49. The van der Waals surface area contributed by atoms with E-state index in [1.165, 1.54) is 0 Å². The second-order valence-electron chi connectivity index (χ2n) is 5.20. The fourth-order valence-electron chi connectivity index (χ4n) is 1.92. The summed E-state index contributed by atoms with van der Waals surface area (Å²) in [5, 5.41) is 28.3. The second-order valence-corrected chi connectivity index (χ2v) is 5.20. The van der Waals surface area contributed by atoms with E-state index in [1.54, 1.807) is 0 Å². The van der Waals surface area contributed by atoms with Crippen LogP contribution < -0.4 is 5.73 Å². The standard InChI is InChI=1S/C10H21NO4/c1-10(2,3)9-6(11)8(14)7(13)5(4-12)15-9/h5-9,12-14H,4,11H2,1-3H3/t5?,6-,7?,8-,9?/m0/s1. The summed E-state index contributed by atoms with van der Waals surface area (Å²) in [5.41, 5.74) is 5.56. The molecular weight excluding hydrogens is 198 g/mol. The predicted octanol–water partition coefficient (Wildman–Crippen LogP) is -1.16. The largest absolute Gasteiger partial charge is 0.394 e. The first-order valence-electron chi connectivity index (χ1n) is 5.17. The van der Waals surface area contributed by atoms with Crippen molar-refractivity contribution >= 4 is 0 Å². The minimum absolute atomic E-state index is 0.242. The molecule has 3 unspecified atom stereocenters. The Bertz CT molecular complexity index is 214. The number of aliphatic hydroxyl groups is 3. The molecule has 1 heterocycles. The van der Waals surface area contributed by atoms with Crippen LogP contribution in [0, 0.1) is 5.41 Å². The zero-order valence-corrected chi connectivity index (χ0v) is 9.42. The lowest BCUT2D eigenvalue weighted by molar-refractivity contribution is -0.211. The maximum absolute atomic E-state index is 9.72. The van der Waals surface area contributed by atoms with Crippen molar-refractivity contribution in [3.8, 4) is 0 Å². The van der Waals surface area contributed by atoms with Gasteiger partial charge in [-0.25, -0.2) is 0 Å². The van der Waals surface area contributed by atoms with Gasteiger partial charge in [0.2, 0.25) is 0 Å². The highest BCUT2D eigenvalue weighted by molar-refractivity contribution is 4.98. The Morgan fingerprint density at radius 1 is 1.20 bits per heavy atom. The summed E-state index contributed by atoms with van der Waals surface area (Å²) in [4.78, 5) is 0. The Morgan fingerprint density at radius 2 is 1.73 bits per heavy atom. The quantitative estimate of drug-likeness (QED) is 0.446. The molecule has 0 spiro atoms. The van der Waals surface area contributed by atoms with Gasteiger partial charge >= 0.3 is 0 Å². The fraction of sp³-hybridized carbons (Fsp3) is 1.00. The Morgan fingerprint density at radius 3 is 2.13 bits per heavy atom. The van der Waals surface area contributed by atoms with E-state index in [0.717, 1.165) is 0 Å². The number of ether oxygens (including phenoxy) is 1. The maximum Gasteiger partial charge on any atom is 0.110 e. The van der Waals surface area contributed by atoms with Gasteiger partial charge in [0, 0.05) is 0 Å². The molecule has 0 aliphatic carbocycles. The van der Waals surface area contributed by atoms with E-state index in [9.17, 15) is 10.2 Å². The van der Waals surface area contributed by atoms with Crippen LogP contribution in [0.2, 0.25) is 0 Å². The molecule has 5 heteroatoms. The van der Waals surface area contributed by atoms with E-state index in [1.807, 2.05) is 20.8 Å². The summed E-state index contributed by atoms with van der Waals surface area (Å²) in [6, 6.07) is -0.636. The molecule has 0 radical (unpaired) electrons. The van der Waals surface area contributed by atoms with Crippen LogP contribution in [-0.2, 0) is 4.74 Å². The Kier molecular flexibility index (Phi) is 3.73. The average molecular weight is 219 g/mol. The van der Waals surface area contributed by atoms with Gasteiger partial charge in [-0.05, 0) is 5.41 Å². The first-order chi connectivity index (χ1) is 6.79. The molecule has 1 rings (SSSR count). The van der Waals surface area contributed by atoms with E-state index >= 15 is 0 Å². The molecular formula is C10H21NO4. The molecule has 0 amide bonds. The minimum Gasteiger partial charge on any atom is -0.394 e. The minimum atomic E-state index is -1.12. The van der Waals surface area contributed by atoms with Gasteiger partial charge in [0.25, 0.3) is 0 Å². The zero-order valence-electron chi connectivity index (χ0n) is 9.42. The van der Waals surface area contributed by atoms with E-state index in [2.05, 4.69) is 0 Å². The number of hydrogen-bond donors (Lipinski definition) is 4. The topological polar surface area (TPSA) is 95.9 Å². The van der Waals surface area contributed by atoms with Crippen LogP contribution in [0.5, 0.6) is 0 Å². The molecule has 0 aromatic rings. The van der Waals surface area contributed by atoms with Crippen molar-refractivity contribution in [1.29, 1.82) is 0 Å². The number of hydrogen-bond acceptors (Lipinski definition) is 5. The van der Waals surface area contributed by atoms with Crippen molar-refractivity contribution in [2.24, 2.45) is 11.1 Å². The van der Waals surface area contributed by atoms with Crippen molar-refractivity contribution in [3.05, 3.63) is 0 Å². The molecule has 1 fully saturated rings. The number of rotatable bonds is 1. The first kappa shape index (κ1) is 12.9. The molecule has 90 valence electrons. The molecule has 0 aromatic carbocycles. The highest BCUT2D eigenvalue weighted by Crippen LogP contribution is 2.31. The van der Waals surface area contributed by atoms with Gasteiger partial charge in [0.05, 0.1) is 18.8 Å². The van der Waals surface area contributed by atoms with Gasteiger partial charge in [-0.15, -0.1) is 0 Å². The van der Waals surface area contributed by atoms with Crippen LogP contribution >= 0.6 is 0 Å². The summed E-state index contributed by atoms with van der Waals surface area (Å²) in [6.07, 6.45) is -3.32. The molecule has 0 saturated carbocycles. The van der Waals surface area contributed by atoms with E-state index in [0.29, 0.717) is 0 Å². The van der Waals surface area contributed by atoms with E-state index < -0.39 is 24.4 Å². The molecule has 1 saturated heterocycles. The fourth-order valence-corrected chi connectivity index (χ4v) is 1.92. The van der Waals surface area contributed by atoms with Crippen LogP contribution in [0.25, 0.3) is 0 Å².